The van der Waals surface area contributed by atoms with Crippen LogP contribution in [0.3, 0.4) is 0 Å². The van der Waals surface area contributed by atoms with Gasteiger partial charge in [0.15, 0.2) is 0 Å². The lowest BCUT2D eigenvalue weighted by atomic mass is 9.97. The minimum atomic E-state index is -0.321. The molecule has 13 heavy (non-hydrogen) atoms. The zero-order chi connectivity index (χ0) is 9.68. The van der Waals surface area contributed by atoms with E-state index in [1.165, 1.54) is 7.11 Å². The molecule has 2 atom stereocenters. The lowest BCUT2D eigenvalue weighted by Crippen LogP contribution is -2.40. The van der Waals surface area contributed by atoms with Gasteiger partial charge in [-0.2, -0.15) is 0 Å². The number of methoxy groups -OCH3 is 1. The average Bonchev–Trinajstić information content (AvgIpc) is 2.66. The van der Waals surface area contributed by atoms with Gasteiger partial charge in [0.25, 0.3) is 0 Å². The largest absolute Gasteiger partial charge is 0.453 e. The fourth-order valence-corrected chi connectivity index (χ4v) is 1.78. The summed E-state index contributed by atoms with van der Waals surface area (Å²) in [4.78, 5) is 11.0. The van der Waals surface area contributed by atoms with Crippen LogP contribution >= 0.6 is 0 Å². The maximum Gasteiger partial charge on any atom is 0.407 e. The molecule has 4 nitrogen and oxygen atoms in total. The van der Waals surface area contributed by atoms with Crippen molar-refractivity contribution < 1.29 is 9.53 Å². The van der Waals surface area contributed by atoms with Gasteiger partial charge in [-0.25, -0.2) is 4.79 Å². The Balaban J connectivity index is 2.37. The van der Waals surface area contributed by atoms with Gasteiger partial charge >= 0.3 is 6.09 Å². The fourth-order valence-electron chi connectivity index (χ4n) is 1.78. The normalized spacial score (nSPS) is 24.0. The number of nitrogens with one attached hydrogen (secondary N) is 2. The lowest BCUT2D eigenvalue weighted by Gasteiger charge is -2.21. The number of ether oxygens (including phenoxy) is 1. The van der Waals surface area contributed by atoms with Gasteiger partial charge in [0.05, 0.1) is 7.11 Å². The van der Waals surface area contributed by atoms with E-state index < -0.39 is 0 Å². The highest BCUT2D eigenvalue weighted by atomic mass is 16.5. The molecule has 76 valence electrons. The van der Waals surface area contributed by atoms with Gasteiger partial charge in [0.2, 0.25) is 0 Å². The molecule has 1 rings (SSSR count). The molecule has 0 bridgehead atoms. The molecular weight excluding hydrogens is 168 g/mol. The highest BCUT2D eigenvalue weighted by Gasteiger charge is 2.24. The zero-order valence-corrected chi connectivity index (χ0v) is 8.30. The topological polar surface area (TPSA) is 50.4 Å². The molecule has 0 aliphatic carbocycles. The third-order valence-electron chi connectivity index (χ3n) is 2.60. The molecule has 1 fully saturated rings. The van der Waals surface area contributed by atoms with Crippen LogP contribution in [-0.4, -0.2) is 32.3 Å². The third kappa shape index (κ3) is 2.88. The van der Waals surface area contributed by atoms with Gasteiger partial charge in [-0.15, -0.1) is 0 Å². The number of amides is 1. The van der Waals surface area contributed by atoms with E-state index in [0.717, 1.165) is 25.9 Å². The smallest absolute Gasteiger partial charge is 0.407 e. The van der Waals surface area contributed by atoms with Crippen LogP contribution in [0.5, 0.6) is 0 Å². The van der Waals surface area contributed by atoms with Crippen LogP contribution in [0.15, 0.2) is 0 Å². The first-order valence-electron chi connectivity index (χ1n) is 4.83. The van der Waals surface area contributed by atoms with Gasteiger partial charge in [0, 0.05) is 6.04 Å². The summed E-state index contributed by atoms with van der Waals surface area (Å²) in [7, 11) is 1.40. The number of hydrogen-bond acceptors (Lipinski definition) is 3. The summed E-state index contributed by atoms with van der Waals surface area (Å²) in [5, 5.41) is 6.14. The summed E-state index contributed by atoms with van der Waals surface area (Å²) >= 11 is 0. The Morgan fingerprint density at radius 2 is 2.54 bits per heavy atom. The Morgan fingerprint density at radius 1 is 1.77 bits per heavy atom. The molecule has 1 heterocycles. The Hall–Kier alpha value is -0.770. The third-order valence-corrected chi connectivity index (χ3v) is 2.60. The summed E-state index contributed by atoms with van der Waals surface area (Å²) in [6.45, 7) is 4.14. The van der Waals surface area contributed by atoms with Crippen LogP contribution in [0, 0.1) is 5.92 Å². The minimum absolute atomic E-state index is 0.252. The summed E-state index contributed by atoms with van der Waals surface area (Å²) in [5.74, 6) is 0.559. The van der Waals surface area contributed by atoms with Crippen molar-refractivity contribution in [2.75, 3.05) is 20.2 Å². The summed E-state index contributed by atoms with van der Waals surface area (Å²) in [6.07, 6.45) is 1.78. The van der Waals surface area contributed by atoms with Crippen LogP contribution < -0.4 is 10.6 Å². The molecule has 0 spiro atoms. The predicted molar refractivity (Wildman–Crippen MR) is 50.6 cm³/mol. The molecule has 0 saturated carbocycles. The molecule has 1 amide bonds. The number of hydrogen-bond donors (Lipinski definition) is 2. The molecule has 1 saturated heterocycles. The van der Waals surface area contributed by atoms with Crippen LogP contribution in [0.1, 0.15) is 19.8 Å². The van der Waals surface area contributed by atoms with Crippen molar-refractivity contribution in [3.05, 3.63) is 0 Å². The van der Waals surface area contributed by atoms with E-state index in [1.54, 1.807) is 0 Å². The molecule has 0 aromatic carbocycles. The van der Waals surface area contributed by atoms with E-state index >= 15 is 0 Å². The van der Waals surface area contributed by atoms with Gasteiger partial charge in [0.1, 0.15) is 0 Å². The molecule has 1 aliphatic heterocycles. The first kappa shape index (κ1) is 10.3. The molecule has 1 aliphatic rings. The van der Waals surface area contributed by atoms with E-state index in [4.69, 9.17) is 0 Å². The molecule has 0 radical (unpaired) electrons. The van der Waals surface area contributed by atoms with E-state index in [9.17, 15) is 4.79 Å². The molecule has 2 N–H and O–H groups in total. The quantitative estimate of drug-likeness (QED) is 0.683. The van der Waals surface area contributed by atoms with E-state index in [1.807, 2.05) is 0 Å². The lowest BCUT2D eigenvalue weighted by molar-refractivity contribution is 0.161. The Kier molecular flexibility index (Phi) is 4.02. The van der Waals surface area contributed by atoms with Gasteiger partial charge in [-0.05, 0) is 31.8 Å². The second-order valence-corrected chi connectivity index (χ2v) is 3.40. The van der Waals surface area contributed by atoms with Crippen LogP contribution in [-0.2, 0) is 4.74 Å². The monoisotopic (exact) mass is 186 g/mol. The van der Waals surface area contributed by atoms with Crippen LogP contribution in [0.4, 0.5) is 4.79 Å². The van der Waals surface area contributed by atoms with Crippen LogP contribution in [0.25, 0.3) is 0 Å². The van der Waals surface area contributed by atoms with E-state index in [0.29, 0.717) is 5.92 Å². The van der Waals surface area contributed by atoms with Crippen molar-refractivity contribution in [1.82, 2.24) is 10.6 Å². The standard InChI is InChI=1S/C9H18N2O2/c1-3-8(11-9(12)13-2)7-4-5-10-6-7/h7-8,10H,3-6H2,1-2H3,(H,11,12). The maximum absolute atomic E-state index is 11.0. The van der Waals surface area contributed by atoms with Crippen molar-refractivity contribution in [3.63, 3.8) is 0 Å². The number of alkyl carbamates (subject to hydrolysis) is 1. The van der Waals surface area contributed by atoms with Crippen molar-refractivity contribution in [3.8, 4) is 0 Å². The SMILES string of the molecule is CCC(NC(=O)OC)C1CCNC1. The molecular formula is C9H18N2O2. The van der Waals surface area contributed by atoms with Crippen LogP contribution in [0.2, 0.25) is 0 Å². The van der Waals surface area contributed by atoms with Gasteiger partial charge in [-0.1, -0.05) is 6.92 Å². The number of carbonyl (C=O) groups excluding carboxylic acids is 1. The Labute approximate surface area is 79.0 Å². The Morgan fingerprint density at radius 3 is 3.00 bits per heavy atom. The maximum atomic E-state index is 11.0. The second kappa shape index (κ2) is 5.07. The Bertz CT molecular complexity index is 167. The summed E-state index contributed by atoms with van der Waals surface area (Å²) < 4.78 is 4.57. The number of rotatable bonds is 3. The van der Waals surface area contributed by atoms with Gasteiger partial charge < -0.3 is 15.4 Å². The van der Waals surface area contributed by atoms with E-state index in [2.05, 4.69) is 22.3 Å². The van der Waals surface area contributed by atoms with Gasteiger partial charge in [-0.3, -0.25) is 0 Å². The highest BCUT2D eigenvalue weighted by molar-refractivity contribution is 5.67. The first-order chi connectivity index (χ1) is 6.27. The molecule has 2 unspecified atom stereocenters. The van der Waals surface area contributed by atoms with Crippen molar-refractivity contribution in [1.29, 1.82) is 0 Å². The fraction of sp³-hybridized carbons (Fsp3) is 0.889. The number of carbonyl (C=O) groups is 1. The highest BCUT2D eigenvalue weighted by Crippen LogP contribution is 2.15. The zero-order valence-electron chi connectivity index (χ0n) is 8.30. The first-order valence-corrected chi connectivity index (χ1v) is 4.83. The molecule has 4 heteroatoms. The molecule has 0 aromatic heterocycles. The van der Waals surface area contributed by atoms with Crippen molar-refractivity contribution in [2.45, 2.75) is 25.8 Å². The van der Waals surface area contributed by atoms with Crippen molar-refractivity contribution >= 4 is 6.09 Å². The van der Waals surface area contributed by atoms with E-state index in [-0.39, 0.29) is 12.1 Å². The van der Waals surface area contributed by atoms with Crippen molar-refractivity contribution in [2.24, 2.45) is 5.92 Å². The molecule has 0 aromatic rings. The average molecular weight is 186 g/mol. The minimum Gasteiger partial charge on any atom is -0.453 e. The second-order valence-electron chi connectivity index (χ2n) is 3.40. The predicted octanol–water partition coefficient (Wildman–Crippen LogP) is 0.730. The summed E-state index contributed by atoms with van der Waals surface area (Å²) in [6, 6.07) is 0.252. The summed E-state index contributed by atoms with van der Waals surface area (Å²) in [5.41, 5.74) is 0.